The second-order valence-electron chi connectivity index (χ2n) is 7.78. The van der Waals surface area contributed by atoms with Crippen LogP contribution in [0.5, 0.6) is 0 Å². The van der Waals surface area contributed by atoms with Gasteiger partial charge in [-0.25, -0.2) is 0 Å². The van der Waals surface area contributed by atoms with Crippen molar-refractivity contribution >= 4 is 40.6 Å². The van der Waals surface area contributed by atoms with Gasteiger partial charge in [-0.2, -0.15) is 15.0 Å². The molecule has 9 nitrogen and oxygen atoms in total. The topological polar surface area (TPSA) is 139 Å². The van der Waals surface area contributed by atoms with Crippen molar-refractivity contribution in [3.63, 3.8) is 0 Å². The Morgan fingerprint density at radius 1 is 0.676 bits per heavy atom. The molecule has 174 valence electrons. The minimum Gasteiger partial charge on any atom is -0.399 e. The van der Waals surface area contributed by atoms with Gasteiger partial charge in [0, 0.05) is 42.9 Å². The number of nitrogen functional groups attached to an aromatic ring is 2. The number of anilines is 7. The Bertz CT molecular complexity index is 1230. The maximum Gasteiger partial charge on any atom is 0.233 e. The molecule has 4 rings (SSSR count). The smallest absolute Gasteiger partial charge is 0.233 e. The lowest BCUT2D eigenvalue weighted by atomic mass is 10.1. The molecule has 3 aromatic carbocycles. The molecule has 1 heterocycles. The van der Waals surface area contributed by atoms with Gasteiger partial charge in [0.05, 0.1) is 0 Å². The average Bonchev–Trinajstić information content (AvgIpc) is 2.84. The van der Waals surface area contributed by atoms with Gasteiger partial charge in [0.2, 0.25) is 17.8 Å². The van der Waals surface area contributed by atoms with E-state index in [1.54, 1.807) is 0 Å². The number of rotatable bonds is 10. The molecule has 0 bridgehead atoms. The number of hydrogen-bond acceptors (Lipinski definition) is 9. The summed E-state index contributed by atoms with van der Waals surface area (Å²) in [6.07, 6.45) is 0.811. The Labute approximate surface area is 199 Å². The molecule has 0 fully saturated rings. The zero-order valence-corrected chi connectivity index (χ0v) is 19.0. The van der Waals surface area contributed by atoms with Crippen molar-refractivity contribution in [1.29, 1.82) is 0 Å². The summed E-state index contributed by atoms with van der Waals surface area (Å²) in [4.78, 5) is 13.6. The van der Waals surface area contributed by atoms with Gasteiger partial charge in [-0.1, -0.05) is 30.3 Å². The van der Waals surface area contributed by atoms with Crippen molar-refractivity contribution in [1.82, 2.24) is 15.0 Å². The van der Waals surface area contributed by atoms with Gasteiger partial charge in [-0.15, -0.1) is 0 Å². The second kappa shape index (κ2) is 10.9. The highest BCUT2D eigenvalue weighted by Gasteiger charge is 2.08. The zero-order chi connectivity index (χ0) is 23.8. The van der Waals surface area contributed by atoms with Crippen molar-refractivity contribution in [2.75, 3.05) is 46.3 Å². The van der Waals surface area contributed by atoms with Gasteiger partial charge in [-0.3, -0.25) is 0 Å². The van der Waals surface area contributed by atoms with E-state index in [2.05, 4.69) is 36.2 Å². The van der Waals surface area contributed by atoms with Gasteiger partial charge in [0.1, 0.15) is 0 Å². The maximum atomic E-state index is 5.90. The molecule has 34 heavy (non-hydrogen) atoms. The number of nitrogens with one attached hydrogen (secondary N) is 4. The summed E-state index contributed by atoms with van der Waals surface area (Å²) in [5.41, 5.74) is 17.2. The van der Waals surface area contributed by atoms with E-state index in [4.69, 9.17) is 11.5 Å². The van der Waals surface area contributed by atoms with Crippen LogP contribution in [0, 0.1) is 0 Å². The van der Waals surface area contributed by atoms with Gasteiger partial charge < -0.3 is 32.7 Å². The van der Waals surface area contributed by atoms with Crippen LogP contribution in [0.3, 0.4) is 0 Å². The van der Waals surface area contributed by atoms with E-state index in [-0.39, 0.29) is 0 Å². The second-order valence-corrected chi connectivity index (χ2v) is 7.78. The molecule has 0 saturated carbocycles. The molecular weight excluding hydrogens is 426 g/mol. The van der Waals surface area contributed by atoms with Crippen LogP contribution in [0.15, 0.2) is 72.8 Å². The fourth-order valence-electron chi connectivity index (χ4n) is 3.36. The summed E-state index contributed by atoms with van der Waals surface area (Å²) in [7, 11) is 1.88. The Morgan fingerprint density at radius 3 is 2.15 bits per heavy atom. The minimum atomic E-state index is 0.438. The normalized spacial score (nSPS) is 10.5. The number of hydrogen-bond donors (Lipinski definition) is 6. The summed E-state index contributed by atoms with van der Waals surface area (Å²) in [5.74, 6) is 1.38. The number of nitrogens with two attached hydrogens (primary N) is 2. The molecule has 0 saturated heterocycles. The average molecular weight is 456 g/mol. The van der Waals surface area contributed by atoms with Crippen molar-refractivity contribution in [3.8, 4) is 0 Å². The lowest BCUT2D eigenvalue weighted by molar-refractivity contribution is 0.956. The van der Waals surface area contributed by atoms with E-state index in [0.29, 0.717) is 36.6 Å². The zero-order valence-electron chi connectivity index (χ0n) is 19.0. The van der Waals surface area contributed by atoms with Crippen LogP contribution in [0.1, 0.15) is 11.1 Å². The SMILES string of the molecule is CNc1cccc(Nc2nc(NCCc3ccc(N)cc3)nc(NCc3cccc(N)c3)n2)c1. The Morgan fingerprint density at radius 2 is 1.38 bits per heavy atom. The molecule has 9 heteroatoms. The predicted molar refractivity (Wildman–Crippen MR) is 140 cm³/mol. The third-order valence-corrected chi connectivity index (χ3v) is 5.12. The minimum absolute atomic E-state index is 0.438. The van der Waals surface area contributed by atoms with Crippen molar-refractivity contribution in [2.45, 2.75) is 13.0 Å². The Hall–Kier alpha value is -4.53. The Balaban J connectivity index is 1.49. The molecule has 1 aromatic heterocycles. The molecule has 0 aliphatic carbocycles. The molecule has 4 aromatic rings. The van der Waals surface area contributed by atoms with Crippen LogP contribution in [0.4, 0.5) is 40.6 Å². The predicted octanol–water partition coefficient (Wildman–Crippen LogP) is 4.09. The highest BCUT2D eigenvalue weighted by molar-refractivity contribution is 5.62. The molecule has 0 unspecified atom stereocenters. The first-order valence-electron chi connectivity index (χ1n) is 11.0. The maximum absolute atomic E-state index is 5.90. The first kappa shape index (κ1) is 22.7. The van der Waals surface area contributed by atoms with Crippen LogP contribution in [0.25, 0.3) is 0 Å². The van der Waals surface area contributed by atoms with Crippen LogP contribution < -0.4 is 32.7 Å². The van der Waals surface area contributed by atoms with E-state index in [9.17, 15) is 0 Å². The molecule has 0 aliphatic heterocycles. The van der Waals surface area contributed by atoms with E-state index < -0.39 is 0 Å². The standard InChI is InChI=1S/C25H29N9/c1-28-21-6-3-7-22(15-21)31-25-33-23(29-13-12-17-8-10-19(26)11-9-17)32-24(34-25)30-16-18-4-2-5-20(27)14-18/h2-11,14-15,28H,12-13,16,26-27H2,1H3,(H3,29,30,31,32,33,34). The number of aromatic nitrogens is 3. The molecule has 8 N–H and O–H groups in total. The van der Waals surface area contributed by atoms with Crippen LogP contribution >= 0.6 is 0 Å². The molecule has 0 aliphatic rings. The summed E-state index contributed by atoms with van der Waals surface area (Å²) in [6, 6.07) is 23.4. The van der Waals surface area contributed by atoms with Crippen LogP contribution in [-0.4, -0.2) is 28.5 Å². The monoisotopic (exact) mass is 455 g/mol. The van der Waals surface area contributed by atoms with Crippen molar-refractivity contribution in [3.05, 3.63) is 83.9 Å². The first-order chi connectivity index (χ1) is 16.6. The largest absolute Gasteiger partial charge is 0.399 e. The quantitative estimate of drug-likeness (QED) is 0.195. The highest BCUT2D eigenvalue weighted by atomic mass is 15.3. The van der Waals surface area contributed by atoms with Gasteiger partial charge in [0.25, 0.3) is 0 Å². The van der Waals surface area contributed by atoms with Gasteiger partial charge in [-0.05, 0) is 60.0 Å². The van der Waals surface area contributed by atoms with E-state index in [1.807, 2.05) is 79.8 Å². The highest BCUT2D eigenvalue weighted by Crippen LogP contribution is 2.20. The lowest BCUT2D eigenvalue weighted by Crippen LogP contribution is -2.13. The van der Waals surface area contributed by atoms with Gasteiger partial charge >= 0.3 is 0 Å². The lowest BCUT2D eigenvalue weighted by Gasteiger charge is -2.12. The van der Waals surface area contributed by atoms with Crippen molar-refractivity contribution in [2.24, 2.45) is 0 Å². The summed E-state index contributed by atoms with van der Waals surface area (Å²) in [5, 5.41) is 13.0. The van der Waals surface area contributed by atoms with E-state index in [0.717, 1.165) is 29.0 Å². The third kappa shape index (κ3) is 6.49. The van der Waals surface area contributed by atoms with Gasteiger partial charge in [0.15, 0.2) is 0 Å². The molecule has 0 atom stereocenters. The molecule has 0 radical (unpaired) electrons. The van der Waals surface area contributed by atoms with Crippen LogP contribution in [-0.2, 0) is 13.0 Å². The summed E-state index contributed by atoms with van der Waals surface area (Å²) >= 11 is 0. The fraction of sp³-hybridized carbons (Fsp3) is 0.160. The van der Waals surface area contributed by atoms with Crippen molar-refractivity contribution < 1.29 is 0 Å². The van der Waals surface area contributed by atoms with E-state index in [1.165, 1.54) is 5.56 Å². The third-order valence-electron chi connectivity index (χ3n) is 5.12. The molecular formula is C25H29N9. The summed E-state index contributed by atoms with van der Waals surface area (Å²) < 4.78 is 0. The summed E-state index contributed by atoms with van der Waals surface area (Å²) in [6.45, 7) is 1.20. The number of benzene rings is 3. The first-order valence-corrected chi connectivity index (χ1v) is 11.0. The van der Waals surface area contributed by atoms with Crippen LogP contribution in [0.2, 0.25) is 0 Å². The fourth-order valence-corrected chi connectivity index (χ4v) is 3.36. The number of nitrogens with zero attached hydrogens (tertiary/aromatic N) is 3. The Kier molecular flexibility index (Phi) is 7.24. The molecule has 0 amide bonds. The van der Waals surface area contributed by atoms with E-state index >= 15 is 0 Å². The molecule has 0 spiro atoms.